The molecule has 3 N–H and O–H groups in total. The zero-order valence-electron chi connectivity index (χ0n) is 15.1. The normalized spacial score (nSPS) is 21.7. The molecule has 1 aliphatic rings. The van der Waals surface area contributed by atoms with Crippen LogP contribution in [0.25, 0.3) is 0 Å². The van der Waals surface area contributed by atoms with Crippen LogP contribution in [0.5, 0.6) is 0 Å². The van der Waals surface area contributed by atoms with E-state index in [9.17, 15) is 9.59 Å². The van der Waals surface area contributed by atoms with Gasteiger partial charge in [-0.2, -0.15) is 0 Å². The van der Waals surface area contributed by atoms with Crippen LogP contribution >= 0.6 is 0 Å². The van der Waals surface area contributed by atoms with E-state index in [0.29, 0.717) is 13.1 Å². The minimum absolute atomic E-state index is 0.0255. The second-order valence-corrected chi connectivity index (χ2v) is 7.30. The first-order valence-corrected chi connectivity index (χ1v) is 8.65. The molecule has 1 aliphatic heterocycles. The first kappa shape index (κ1) is 18.5. The van der Waals surface area contributed by atoms with Crippen molar-refractivity contribution in [2.24, 2.45) is 17.6 Å². The molecule has 0 saturated carbocycles. The Morgan fingerprint density at radius 2 is 1.96 bits per heavy atom. The van der Waals surface area contributed by atoms with E-state index in [1.807, 2.05) is 58.0 Å². The summed E-state index contributed by atoms with van der Waals surface area (Å²) >= 11 is 0. The molecule has 0 radical (unpaired) electrons. The number of amides is 2. The highest BCUT2D eigenvalue weighted by atomic mass is 16.2. The lowest BCUT2D eigenvalue weighted by Crippen LogP contribution is -2.56. The first-order valence-electron chi connectivity index (χ1n) is 8.65. The van der Waals surface area contributed by atoms with Crippen LogP contribution in [0.2, 0.25) is 0 Å². The predicted octanol–water partition coefficient (Wildman–Crippen LogP) is 2.09. The fraction of sp³-hybridized carbons (Fsp3) is 0.579. The third-order valence-electron chi connectivity index (χ3n) is 5.39. The highest BCUT2D eigenvalue weighted by Crippen LogP contribution is 2.29. The maximum atomic E-state index is 12.6. The van der Waals surface area contributed by atoms with E-state index >= 15 is 0 Å². The fourth-order valence-electron chi connectivity index (χ4n) is 3.01. The second-order valence-electron chi connectivity index (χ2n) is 7.30. The SMILES string of the molecule is CC(c1ccccc1)N1CC(C(=O)NC(C)(CN)C(C)C)CC1=O. The number of nitrogens with zero attached hydrogens (tertiary/aromatic N) is 1. The number of nitrogens with two attached hydrogens (primary N) is 1. The van der Waals surface area contributed by atoms with E-state index in [4.69, 9.17) is 5.73 Å². The van der Waals surface area contributed by atoms with Gasteiger partial charge in [-0.05, 0) is 25.3 Å². The Hall–Kier alpha value is -1.88. The van der Waals surface area contributed by atoms with Gasteiger partial charge in [0, 0.05) is 19.5 Å². The van der Waals surface area contributed by atoms with E-state index in [2.05, 4.69) is 5.32 Å². The van der Waals surface area contributed by atoms with Gasteiger partial charge in [0.15, 0.2) is 0 Å². The van der Waals surface area contributed by atoms with Crippen LogP contribution in [0.3, 0.4) is 0 Å². The van der Waals surface area contributed by atoms with Gasteiger partial charge in [-0.15, -0.1) is 0 Å². The summed E-state index contributed by atoms with van der Waals surface area (Å²) in [6.45, 7) is 8.87. The molecule has 2 rings (SSSR count). The number of carbonyl (C=O) groups excluding carboxylic acids is 2. The third-order valence-corrected chi connectivity index (χ3v) is 5.39. The van der Waals surface area contributed by atoms with Gasteiger partial charge in [-0.1, -0.05) is 44.2 Å². The van der Waals surface area contributed by atoms with Crippen LogP contribution < -0.4 is 11.1 Å². The number of rotatable bonds is 6. The minimum Gasteiger partial charge on any atom is -0.349 e. The summed E-state index contributed by atoms with van der Waals surface area (Å²) in [7, 11) is 0. The lowest BCUT2D eigenvalue weighted by atomic mass is 9.87. The summed E-state index contributed by atoms with van der Waals surface area (Å²) in [4.78, 5) is 26.8. The van der Waals surface area contributed by atoms with E-state index in [1.165, 1.54) is 0 Å². The van der Waals surface area contributed by atoms with Crippen molar-refractivity contribution in [2.45, 2.75) is 45.7 Å². The van der Waals surface area contributed by atoms with Crippen molar-refractivity contribution in [1.82, 2.24) is 10.2 Å². The van der Waals surface area contributed by atoms with E-state index in [-0.39, 0.29) is 36.1 Å². The maximum absolute atomic E-state index is 12.6. The summed E-state index contributed by atoms with van der Waals surface area (Å²) < 4.78 is 0. The van der Waals surface area contributed by atoms with Crippen LogP contribution in [0.1, 0.15) is 45.7 Å². The molecule has 5 nitrogen and oxygen atoms in total. The van der Waals surface area contributed by atoms with E-state index in [1.54, 1.807) is 4.90 Å². The van der Waals surface area contributed by atoms with Gasteiger partial charge >= 0.3 is 0 Å². The largest absolute Gasteiger partial charge is 0.349 e. The van der Waals surface area contributed by atoms with Crippen molar-refractivity contribution < 1.29 is 9.59 Å². The Balaban J connectivity index is 2.05. The second kappa shape index (κ2) is 7.34. The molecule has 2 amide bonds. The van der Waals surface area contributed by atoms with Crippen molar-refractivity contribution in [2.75, 3.05) is 13.1 Å². The van der Waals surface area contributed by atoms with Crippen molar-refractivity contribution in [3.63, 3.8) is 0 Å². The smallest absolute Gasteiger partial charge is 0.225 e. The number of benzene rings is 1. The molecular formula is C19H29N3O2. The summed E-state index contributed by atoms with van der Waals surface area (Å²) in [5.41, 5.74) is 6.48. The summed E-state index contributed by atoms with van der Waals surface area (Å²) in [6.07, 6.45) is 0.266. The molecular weight excluding hydrogens is 302 g/mol. The minimum atomic E-state index is -0.446. The van der Waals surface area contributed by atoms with Crippen molar-refractivity contribution in [1.29, 1.82) is 0 Å². The summed E-state index contributed by atoms with van der Waals surface area (Å²) in [6, 6.07) is 9.88. The number of hydrogen-bond acceptors (Lipinski definition) is 3. The molecule has 0 bridgehead atoms. The molecule has 1 fully saturated rings. The topological polar surface area (TPSA) is 75.4 Å². The highest BCUT2D eigenvalue weighted by molar-refractivity contribution is 5.89. The zero-order chi connectivity index (χ0) is 17.9. The average molecular weight is 331 g/mol. The molecule has 1 aromatic carbocycles. The van der Waals surface area contributed by atoms with Gasteiger partial charge in [0.2, 0.25) is 11.8 Å². The van der Waals surface area contributed by atoms with Crippen LogP contribution in [0, 0.1) is 11.8 Å². The van der Waals surface area contributed by atoms with Crippen LogP contribution in [-0.4, -0.2) is 35.3 Å². The molecule has 24 heavy (non-hydrogen) atoms. The molecule has 1 heterocycles. The summed E-state index contributed by atoms with van der Waals surface area (Å²) in [5, 5.41) is 3.06. The predicted molar refractivity (Wildman–Crippen MR) is 95.1 cm³/mol. The number of hydrogen-bond donors (Lipinski definition) is 2. The van der Waals surface area contributed by atoms with Gasteiger partial charge in [-0.25, -0.2) is 0 Å². The molecule has 0 aliphatic carbocycles. The molecule has 1 saturated heterocycles. The molecule has 132 valence electrons. The van der Waals surface area contributed by atoms with E-state index in [0.717, 1.165) is 5.56 Å². The average Bonchev–Trinajstić information content (AvgIpc) is 2.96. The van der Waals surface area contributed by atoms with Gasteiger partial charge < -0.3 is 16.0 Å². The van der Waals surface area contributed by atoms with Crippen molar-refractivity contribution in [3.8, 4) is 0 Å². The van der Waals surface area contributed by atoms with Gasteiger partial charge in [-0.3, -0.25) is 9.59 Å². The molecule has 1 aromatic rings. The molecule has 3 atom stereocenters. The van der Waals surface area contributed by atoms with Crippen LogP contribution in [-0.2, 0) is 9.59 Å². The monoisotopic (exact) mass is 331 g/mol. The third kappa shape index (κ3) is 3.78. The lowest BCUT2D eigenvalue weighted by molar-refractivity contribution is -0.130. The number of likely N-dealkylation sites (tertiary alicyclic amines) is 1. The Labute approximate surface area is 144 Å². The first-order chi connectivity index (χ1) is 11.3. The van der Waals surface area contributed by atoms with Crippen molar-refractivity contribution >= 4 is 11.8 Å². The maximum Gasteiger partial charge on any atom is 0.225 e. The highest BCUT2D eigenvalue weighted by Gasteiger charge is 2.39. The number of carbonyl (C=O) groups is 2. The Bertz CT molecular complexity index is 588. The molecule has 3 unspecified atom stereocenters. The molecule has 0 aromatic heterocycles. The Morgan fingerprint density at radius 3 is 2.50 bits per heavy atom. The Morgan fingerprint density at radius 1 is 1.33 bits per heavy atom. The molecule has 5 heteroatoms. The van der Waals surface area contributed by atoms with Crippen LogP contribution in [0.4, 0.5) is 0 Å². The van der Waals surface area contributed by atoms with Gasteiger partial charge in [0.1, 0.15) is 0 Å². The van der Waals surface area contributed by atoms with E-state index < -0.39 is 5.54 Å². The summed E-state index contributed by atoms with van der Waals surface area (Å²) in [5.74, 6) is -0.130. The van der Waals surface area contributed by atoms with Gasteiger partial charge in [0.25, 0.3) is 0 Å². The lowest BCUT2D eigenvalue weighted by Gasteiger charge is -2.34. The Kier molecular flexibility index (Phi) is 5.65. The quantitative estimate of drug-likeness (QED) is 0.838. The fourth-order valence-corrected chi connectivity index (χ4v) is 3.01. The van der Waals surface area contributed by atoms with Crippen molar-refractivity contribution in [3.05, 3.63) is 35.9 Å². The number of nitrogens with one attached hydrogen (secondary N) is 1. The molecule has 0 spiro atoms. The van der Waals surface area contributed by atoms with Crippen LogP contribution in [0.15, 0.2) is 30.3 Å². The zero-order valence-corrected chi connectivity index (χ0v) is 15.1. The van der Waals surface area contributed by atoms with Gasteiger partial charge in [0.05, 0.1) is 17.5 Å². The standard InChI is InChI=1S/C19H29N3O2/c1-13(2)19(4,12-20)21-18(24)16-10-17(23)22(11-16)14(3)15-8-6-5-7-9-15/h5-9,13-14,16H,10-12,20H2,1-4H3,(H,21,24).